The van der Waals surface area contributed by atoms with E-state index in [2.05, 4.69) is 22.2 Å². The number of aromatic amines is 1. The number of carbonyl (C=O) groups excluding carboxylic acids is 1. The number of carbonyl (C=O) groups is 1. The Bertz CT molecular complexity index is 644. The maximum absolute atomic E-state index is 12.4. The summed E-state index contributed by atoms with van der Waals surface area (Å²) in [5.74, 6) is 2.39. The fourth-order valence-corrected chi connectivity index (χ4v) is 4.38. The van der Waals surface area contributed by atoms with Crippen LogP contribution in [0, 0.1) is 17.8 Å². The van der Waals surface area contributed by atoms with Crippen LogP contribution in [0.2, 0.25) is 0 Å². The molecular formula is C17H21N3O. The number of hydrogen-bond acceptors (Lipinski definition) is 2. The van der Waals surface area contributed by atoms with Crippen molar-refractivity contribution in [3.63, 3.8) is 0 Å². The molecule has 0 aromatic carbocycles. The zero-order valence-corrected chi connectivity index (χ0v) is 12.3. The molecule has 0 aliphatic heterocycles. The summed E-state index contributed by atoms with van der Waals surface area (Å²) in [4.78, 5) is 19.8. The largest absolute Gasteiger partial charge is 0.349 e. The molecule has 2 bridgehead atoms. The first-order chi connectivity index (χ1) is 10.2. The van der Waals surface area contributed by atoms with Crippen molar-refractivity contribution in [1.82, 2.24) is 15.3 Å². The summed E-state index contributed by atoms with van der Waals surface area (Å²) in [6, 6.07) is 5.90. The van der Waals surface area contributed by atoms with Gasteiger partial charge in [0.2, 0.25) is 0 Å². The Hall–Kier alpha value is -1.84. The third kappa shape index (κ3) is 2.23. The molecule has 2 aromatic heterocycles. The van der Waals surface area contributed by atoms with Crippen LogP contribution in [0.3, 0.4) is 0 Å². The minimum atomic E-state index is -0.0109. The molecule has 0 spiro atoms. The summed E-state index contributed by atoms with van der Waals surface area (Å²) in [6.45, 7) is 2.16. The number of nitrogens with one attached hydrogen (secondary N) is 2. The van der Waals surface area contributed by atoms with Crippen molar-refractivity contribution in [2.45, 2.75) is 38.6 Å². The Morgan fingerprint density at radius 3 is 3.05 bits per heavy atom. The van der Waals surface area contributed by atoms with Crippen LogP contribution < -0.4 is 5.32 Å². The van der Waals surface area contributed by atoms with E-state index in [0.29, 0.717) is 11.6 Å². The van der Waals surface area contributed by atoms with Gasteiger partial charge in [0.1, 0.15) is 5.69 Å². The smallest absolute Gasteiger partial charge is 0.268 e. The molecule has 0 saturated heterocycles. The molecule has 1 amide bonds. The maximum atomic E-state index is 12.4. The minimum absolute atomic E-state index is 0.0109. The lowest BCUT2D eigenvalue weighted by Crippen LogP contribution is -2.40. The Balaban J connectivity index is 1.47. The van der Waals surface area contributed by atoms with Crippen LogP contribution in [-0.4, -0.2) is 21.9 Å². The van der Waals surface area contributed by atoms with E-state index in [-0.39, 0.29) is 11.9 Å². The molecule has 21 heavy (non-hydrogen) atoms. The molecule has 2 aromatic rings. The molecule has 2 aliphatic rings. The third-order valence-corrected chi connectivity index (χ3v) is 5.43. The molecule has 2 N–H and O–H groups in total. The Labute approximate surface area is 124 Å². The summed E-state index contributed by atoms with van der Waals surface area (Å²) in [7, 11) is 0. The van der Waals surface area contributed by atoms with Crippen molar-refractivity contribution >= 4 is 16.9 Å². The molecule has 2 saturated carbocycles. The lowest BCUT2D eigenvalue weighted by Gasteiger charge is -2.28. The first kappa shape index (κ1) is 12.9. The third-order valence-electron chi connectivity index (χ3n) is 5.43. The second-order valence-electron chi connectivity index (χ2n) is 6.72. The second kappa shape index (κ2) is 4.86. The van der Waals surface area contributed by atoms with Crippen molar-refractivity contribution < 1.29 is 4.79 Å². The van der Waals surface area contributed by atoms with E-state index in [1.165, 1.54) is 25.7 Å². The average molecular weight is 283 g/mol. The molecule has 4 atom stereocenters. The van der Waals surface area contributed by atoms with E-state index in [4.69, 9.17) is 0 Å². The van der Waals surface area contributed by atoms with E-state index in [1.807, 2.05) is 18.2 Å². The summed E-state index contributed by atoms with van der Waals surface area (Å²) in [6.07, 6.45) is 7.17. The summed E-state index contributed by atoms with van der Waals surface area (Å²) < 4.78 is 0. The van der Waals surface area contributed by atoms with Gasteiger partial charge in [0.25, 0.3) is 5.91 Å². The fraction of sp³-hybridized carbons (Fsp3) is 0.529. The van der Waals surface area contributed by atoms with Gasteiger partial charge in [-0.3, -0.25) is 9.78 Å². The van der Waals surface area contributed by atoms with Gasteiger partial charge < -0.3 is 10.3 Å². The van der Waals surface area contributed by atoms with E-state index in [0.717, 1.165) is 22.9 Å². The molecule has 4 heteroatoms. The predicted octanol–water partition coefficient (Wildman–Crippen LogP) is 3.12. The van der Waals surface area contributed by atoms with Crippen LogP contribution in [-0.2, 0) is 0 Å². The standard InChI is InChI=1S/C17H21N3O/c1-10(13-8-11-4-5-12(13)7-11)19-17(21)16-9-15-14(20-16)3-2-6-18-15/h2-3,6,9-13,20H,4-5,7-8H2,1H3,(H,19,21). The van der Waals surface area contributed by atoms with Crippen LogP contribution >= 0.6 is 0 Å². The first-order valence-electron chi connectivity index (χ1n) is 7.95. The van der Waals surface area contributed by atoms with Gasteiger partial charge >= 0.3 is 0 Å². The van der Waals surface area contributed by atoms with Crippen molar-refractivity contribution in [2.24, 2.45) is 17.8 Å². The van der Waals surface area contributed by atoms with Crippen molar-refractivity contribution in [1.29, 1.82) is 0 Å². The van der Waals surface area contributed by atoms with E-state index < -0.39 is 0 Å². The van der Waals surface area contributed by atoms with Crippen LogP contribution in [0.5, 0.6) is 0 Å². The molecule has 2 aliphatic carbocycles. The molecule has 4 nitrogen and oxygen atoms in total. The molecule has 0 radical (unpaired) electrons. The number of pyridine rings is 1. The summed E-state index contributed by atoms with van der Waals surface area (Å²) >= 11 is 0. The van der Waals surface area contributed by atoms with Crippen LogP contribution in [0.25, 0.3) is 11.0 Å². The predicted molar refractivity (Wildman–Crippen MR) is 82.0 cm³/mol. The lowest BCUT2D eigenvalue weighted by molar-refractivity contribution is 0.0911. The first-order valence-corrected chi connectivity index (χ1v) is 7.95. The number of aromatic nitrogens is 2. The van der Waals surface area contributed by atoms with Crippen LogP contribution in [0.15, 0.2) is 24.4 Å². The number of amides is 1. The average Bonchev–Trinajstić information content (AvgIpc) is 3.21. The highest BCUT2D eigenvalue weighted by molar-refractivity contribution is 5.97. The molecule has 2 heterocycles. The number of H-pyrrole nitrogens is 1. The van der Waals surface area contributed by atoms with Crippen molar-refractivity contribution in [3.05, 3.63) is 30.1 Å². The second-order valence-corrected chi connectivity index (χ2v) is 6.72. The fourth-order valence-electron chi connectivity index (χ4n) is 4.38. The molecular weight excluding hydrogens is 262 g/mol. The van der Waals surface area contributed by atoms with E-state index in [1.54, 1.807) is 6.20 Å². The molecule has 4 rings (SSSR count). The zero-order chi connectivity index (χ0) is 14.4. The van der Waals surface area contributed by atoms with Gasteiger partial charge in [0, 0.05) is 12.2 Å². The van der Waals surface area contributed by atoms with Crippen LogP contribution in [0.4, 0.5) is 0 Å². The highest BCUT2D eigenvalue weighted by atomic mass is 16.1. The SMILES string of the molecule is CC(NC(=O)c1cc2ncccc2[nH]1)C1CC2CCC1C2. The highest BCUT2D eigenvalue weighted by Crippen LogP contribution is 2.49. The van der Waals surface area contributed by atoms with E-state index >= 15 is 0 Å². The Morgan fingerprint density at radius 2 is 2.33 bits per heavy atom. The van der Waals surface area contributed by atoms with Gasteiger partial charge in [-0.25, -0.2) is 0 Å². The van der Waals surface area contributed by atoms with Gasteiger partial charge in [0.05, 0.1) is 11.0 Å². The summed E-state index contributed by atoms with van der Waals surface area (Å²) in [5.41, 5.74) is 2.36. The Morgan fingerprint density at radius 1 is 1.43 bits per heavy atom. The number of nitrogens with zero attached hydrogens (tertiary/aromatic N) is 1. The Kier molecular flexibility index (Phi) is 2.98. The lowest BCUT2D eigenvalue weighted by atomic mass is 9.84. The van der Waals surface area contributed by atoms with Gasteiger partial charge in [-0.15, -0.1) is 0 Å². The molecule has 2 fully saturated rings. The number of fused-ring (bicyclic) bond motifs is 3. The zero-order valence-electron chi connectivity index (χ0n) is 12.3. The number of hydrogen-bond donors (Lipinski definition) is 2. The van der Waals surface area contributed by atoms with Gasteiger partial charge in [-0.1, -0.05) is 6.42 Å². The highest BCUT2D eigenvalue weighted by Gasteiger charge is 2.42. The normalized spacial score (nSPS) is 28.9. The minimum Gasteiger partial charge on any atom is -0.349 e. The van der Waals surface area contributed by atoms with Crippen molar-refractivity contribution in [3.8, 4) is 0 Å². The summed E-state index contributed by atoms with van der Waals surface area (Å²) in [5, 5.41) is 3.19. The monoisotopic (exact) mass is 283 g/mol. The molecule has 4 unspecified atom stereocenters. The topological polar surface area (TPSA) is 57.8 Å². The van der Waals surface area contributed by atoms with Gasteiger partial charge in [-0.05, 0) is 62.1 Å². The quantitative estimate of drug-likeness (QED) is 0.909. The van der Waals surface area contributed by atoms with Gasteiger partial charge in [-0.2, -0.15) is 0 Å². The maximum Gasteiger partial charge on any atom is 0.268 e. The number of rotatable bonds is 3. The van der Waals surface area contributed by atoms with Crippen molar-refractivity contribution in [2.75, 3.05) is 0 Å². The molecule has 110 valence electrons. The van der Waals surface area contributed by atoms with E-state index in [9.17, 15) is 4.79 Å². The van der Waals surface area contributed by atoms with Gasteiger partial charge in [0.15, 0.2) is 0 Å². The van der Waals surface area contributed by atoms with Crippen LogP contribution in [0.1, 0.15) is 43.1 Å².